The van der Waals surface area contributed by atoms with Crippen LogP contribution in [-0.4, -0.2) is 35.4 Å². The van der Waals surface area contributed by atoms with Gasteiger partial charge in [-0.1, -0.05) is 0 Å². The van der Waals surface area contributed by atoms with Gasteiger partial charge in [0.15, 0.2) is 0 Å². The fourth-order valence-corrected chi connectivity index (χ4v) is 1.78. The zero-order valence-corrected chi connectivity index (χ0v) is 9.66. The van der Waals surface area contributed by atoms with Crippen LogP contribution in [0.4, 0.5) is 19.0 Å². The number of amides is 1. The van der Waals surface area contributed by atoms with Gasteiger partial charge in [0.25, 0.3) is 0 Å². The van der Waals surface area contributed by atoms with E-state index in [-0.39, 0.29) is 11.7 Å². The largest absolute Gasteiger partial charge is 0.417 e. The maximum atomic E-state index is 12.3. The summed E-state index contributed by atoms with van der Waals surface area (Å²) in [7, 11) is 1.68. The predicted octanol–water partition coefficient (Wildman–Crippen LogP) is 1.74. The molecule has 1 aliphatic rings. The minimum absolute atomic E-state index is 0.0725. The van der Waals surface area contributed by atoms with Crippen LogP contribution in [0.2, 0.25) is 0 Å². The van der Waals surface area contributed by atoms with Crippen LogP contribution in [0.15, 0.2) is 18.3 Å². The lowest BCUT2D eigenvalue weighted by atomic mass is 10.2. The molecule has 1 amide bonds. The van der Waals surface area contributed by atoms with Crippen molar-refractivity contribution < 1.29 is 18.0 Å². The molecule has 1 aromatic heterocycles. The van der Waals surface area contributed by atoms with Crippen LogP contribution in [0.25, 0.3) is 0 Å². The molecule has 1 unspecified atom stereocenters. The molecule has 0 saturated carbocycles. The first kappa shape index (κ1) is 12.7. The van der Waals surface area contributed by atoms with Crippen LogP contribution in [-0.2, 0) is 11.0 Å². The number of carbonyl (C=O) groups excluding carboxylic acids is 1. The predicted molar refractivity (Wildman–Crippen MR) is 58.9 cm³/mol. The molecule has 1 fully saturated rings. The number of nitrogens with zero attached hydrogens (tertiary/aromatic N) is 2. The zero-order valence-electron chi connectivity index (χ0n) is 9.66. The molecule has 1 aromatic rings. The minimum Gasteiger partial charge on any atom is -0.358 e. The highest BCUT2D eigenvalue weighted by Gasteiger charge is 2.31. The third kappa shape index (κ3) is 2.55. The lowest BCUT2D eigenvalue weighted by molar-refractivity contribution is -0.137. The summed E-state index contributed by atoms with van der Waals surface area (Å²) in [5.41, 5.74) is -0.803. The molecule has 98 valence electrons. The Hall–Kier alpha value is -1.79. The average molecular weight is 259 g/mol. The summed E-state index contributed by atoms with van der Waals surface area (Å²) in [6.07, 6.45) is -3.02. The Labute approximate surface area is 102 Å². The molecule has 7 heteroatoms. The van der Waals surface area contributed by atoms with E-state index in [4.69, 9.17) is 0 Å². The molecule has 2 rings (SSSR count). The van der Waals surface area contributed by atoms with Gasteiger partial charge in [0.2, 0.25) is 5.91 Å². The van der Waals surface area contributed by atoms with Crippen molar-refractivity contribution >= 4 is 11.7 Å². The number of anilines is 1. The van der Waals surface area contributed by atoms with E-state index in [1.165, 1.54) is 6.07 Å². The summed E-state index contributed by atoms with van der Waals surface area (Å²) in [5.74, 6) is 0.202. The third-order valence-corrected chi connectivity index (χ3v) is 2.84. The van der Waals surface area contributed by atoms with Gasteiger partial charge in [-0.15, -0.1) is 0 Å². The van der Waals surface area contributed by atoms with Crippen LogP contribution in [0, 0.1) is 0 Å². The topological polar surface area (TPSA) is 45.2 Å². The van der Waals surface area contributed by atoms with E-state index >= 15 is 0 Å². The molecule has 0 bridgehead atoms. The van der Waals surface area contributed by atoms with Gasteiger partial charge in [-0.3, -0.25) is 4.79 Å². The van der Waals surface area contributed by atoms with Crippen molar-refractivity contribution in [3.05, 3.63) is 23.9 Å². The standard InChI is InChI=1S/C11H12F3N3O/c1-17-5-4-8(10(17)18)16-9-3-2-7(6-15-9)11(12,13)14/h2-3,6,8H,4-5H2,1H3,(H,15,16). The molecule has 1 saturated heterocycles. The first-order chi connectivity index (χ1) is 8.38. The van der Waals surface area contributed by atoms with Gasteiger partial charge in [-0.2, -0.15) is 13.2 Å². The van der Waals surface area contributed by atoms with Gasteiger partial charge >= 0.3 is 6.18 Å². The summed E-state index contributed by atoms with van der Waals surface area (Å²) in [6, 6.07) is 1.77. The number of halogens is 3. The number of likely N-dealkylation sites (tertiary alicyclic amines) is 1. The summed E-state index contributed by atoms with van der Waals surface area (Å²) in [5, 5.41) is 2.83. The van der Waals surface area contributed by atoms with Gasteiger partial charge in [0, 0.05) is 19.8 Å². The number of rotatable bonds is 2. The summed E-state index contributed by atoms with van der Waals surface area (Å²) in [4.78, 5) is 16.8. The van der Waals surface area contributed by atoms with Crippen molar-refractivity contribution in [2.45, 2.75) is 18.6 Å². The number of carbonyl (C=O) groups is 1. The van der Waals surface area contributed by atoms with Gasteiger partial charge in [0.05, 0.1) is 5.56 Å². The minimum atomic E-state index is -4.39. The second-order valence-corrected chi connectivity index (χ2v) is 4.18. The lowest BCUT2D eigenvalue weighted by Crippen LogP contribution is -2.31. The van der Waals surface area contributed by atoms with E-state index in [2.05, 4.69) is 10.3 Å². The Morgan fingerprint density at radius 3 is 2.61 bits per heavy atom. The molecule has 0 aliphatic carbocycles. The molecule has 0 radical (unpaired) electrons. The molecule has 0 aromatic carbocycles. The molecule has 1 N–H and O–H groups in total. The normalized spacial score (nSPS) is 20.3. The smallest absolute Gasteiger partial charge is 0.358 e. The van der Waals surface area contributed by atoms with Crippen molar-refractivity contribution in [2.24, 2.45) is 0 Å². The zero-order chi connectivity index (χ0) is 13.3. The van der Waals surface area contributed by atoms with E-state index in [1.807, 2.05) is 0 Å². The van der Waals surface area contributed by atoms with E-state index in [0.29, 0.717) is 13.0 Å². The van der Waals surface area contributed by atoms with E-state index < -0.39 is 17.8 Å². The SMILES string of the molecule is CN1CCC(Nc2ccc(C(F)(F)F)cn2)C1=O. The second kappa shape index (κ2) is 4.47. The highest BCUT2D eigenvalue weighted by molar-refractivity contribution is 5.86. The van der Waals surface area contributed by atoms with Crippen molar-refractivity contribution in [2.75, 3.05) is 18.9 Å². The van der Waals surface area contributed by atoms with Crippen molar-refractivity contribution in [1.29, 1.82) is 0 Å². The maximum absolute atomic E-state index is 12.3. The number of pyridine rings is 1. The van der Waals surface area contributed by atoms with Gasteiger partial charge in [0.1, 0.15) is 11.9 Å². The van der Waals surface area contributed by atoms with Crippen molar-refractivity contribution in [1.82, 2.24) is 9.88 Å². The van der Waals surface area contributed by atoms with Crippen LogP contribution in [0.3, 0.4) is 0 Å². The summed E-state index contributed by atoms with van der Waals surface area (Å²) in [6.45, 7) is 0.636. The number of hydrogen-bond donors (Lipinski definition) is 1. The number of likely N-dealkylation sites (N-methyl/N-ethyl adjacent to an activating group) is 1. The molecular weight excluding hydrogens is 247 g/mol. The molecule has 1 atom stereocenters. The molecule has 0 spiro atoms. The maximum Gasteiger partial charge on any atom is 0.417 e. The van der Waals surface area contributed by atoms with Crippen LogP contribution in [0.5, 0.6) is 0 Å². The van der Waals surface area contributed by atoms with Gasteiger partial charge in [-0.05, 0) is 18.6 Å². The highest BCUT2D eigenvalue weighted by atomic mass is 19.4. The fraction of sp³-hybridized carbons (Fsp3) is 0.455. The van der Waals surface area contributed by atoms with Crippen molar-refractivity contribution in [3.63, 3.8) is 0 Å². The molecule has 4 nitrogen and oxygen atoms in total. The van der Waals surface area contributed by atoms with E-state index in [9.17, 15) is 18.0 Å². The lowest BCUT2D eigenvalue weighted by Gasteiger charge is -2.13. The highest BCUT2D eigenvalue weighted by Crippen LogP contribution is 2.29. The monoisotopic (exact) mass is 259 g/mol. The molecular formula is C11H12F3N3O. The van der Waals surface area contributed by atoms with E-state index in [0.717, 1.165) is 12.3 Å². The Morgan fingerprint density at radius 2 is 2.17 bits per heavy atom. The first-order valence-corrected chi connectivity index (χ1v) is 5.42. The molecule has 1 aliphatic heterocycles. The quantitative estimate of drug-likeness (QED) is 0.880. The first-order valence-electron chi connectivity index (χ1n) is 5.42. The number of hydrogen-bond acceptors (Lipinski definition) is 3. The molecule has 18 heavy (non-hydrogen) atoms. The number of alkyl halides is 3. The van der Waals surface area contributed by atoms with Crippen LogP contribution >= 0.6 is 0 Å². The Kier molecular flexibility index (Phi) is 3.14. The average Bonchev–Trinajstić information content (AvgIpc) is 2.61. The van der Waals surface area contributed by atoms with E-state index in [1.54, 1.807) is 11.9 Å². The third-order valence-electron chi connectivity index (χ3n) is 2.84. The van der Waals surface area contributed by atoms with Gasteiger partial charge < -0.3 is 10.2 Å². The Morgan fingerprint density at radius 1 is 1.44 bits per heavy atom. The number of aromatic nitrogens is 1. The van der Waals surface area contributed by atoms with Gasteiger partial charge in [-0.25, -0.2) is 4.98 Å². The molecule has 2 heterocycles. The summed E-state index contributed by atoms with van der Waals surface area (Å²) >= 11 is 0. The Bertz CT molecular complexity index is 444. The van der Waals surface area contributed by atoms with Crippen LogP contribution in [0.1, 0.15) is 12.0 Å². The van der Waals surface area contributed by atoms with Crippen LogP contribution < -0.4 is 5.32 Å². The number of nitrogens with one attached hydrogen (secondary N) is 1. The fourth-order valence-electron chi connectivity index (χ4n) is 1.78. The summed E-state index contributed by atoms with van der Waals surface area (Å²) < 4.78 is 36.9. The van der Waals surface area contributed by atoms with Crippen molar-refractivity contribution in [3.8, 4) is 0 Å². The Balaban J connectivity index is 2.05. The second-order valence-electron chi connectivity index (χ2n) is 4.18.